The molecule has 14 atom stereocenters. The van der Waals surface area contributed by atoms with Gasteiger partial charge in [0.25, 0.3) is 39.3 Å². The lowest BCUT2D eigenvalue weighted by atomic mass is 10.2. The second kappa shape index (κ2) is 48.6. The van der Waals surface area contributed by atoms with Crippen LogP contribution in [-0.4, -0.2) is 248 Å². The van der Waals surface area contributed by atoms with Gasteiger partial charge < -0.3 is 117 Å². The zero-order valence-corrected chi connectivity index (χ0v) is 72.6. The first-order chi connectivity index (χ1) is 62.7. The minimum atomic E-state index is -1.60. The van der Waals surface area contributed by atoms with Gasteiger partial charge in [-0.1, -0.05) is 4.98 Å². The van der Waals surface area contributed by atoms with Crippen LogP contribution < -0.4 is 45.0 Å². The lowest BCUT2D eigenvalue weighted by Gasteiger charge is -2.37. The van der Waals surface area contributed by atoms with E-state index in [0.717, 1.165) is 19.9 Å². The minimum absolute atomic E-state index is 0.0465. The van der Waals surface area contributed by atoms with Gasteiger partial charge in [0.05, 0.1) is 130 Å². The fourth-order valence-electron chi connectivity index (χ4n) is 13.4. The Bertz CT molecular complexity index is 5710. The van der Waals surface area contributed by atoms with Crippen molar-refractivity contribution in [1.82, 2.24) is 80.8 Å². The molecule has 0 aliphatic carbocycles. The second-order valence-corrected chi connectivity index (χ2v) is 32.1. The van der Waals surface area contributed by atoms with E-state index in [4.69, 9.17) is 63.4 Å². The molecule has 4 saturated heterocycles. The number of imidazole rings is 3. The number of aliphatic hydroxyl groups excluding tert-OH is 6. The highest BCUT2D eigenvalue weighted by atomic mass is 31.2. The average Bonchev–Trinajstić information content (AvgIpc) is 0.928. The molecule has 0 radical (unpaired) electrons. The molecule has 0 amide bonds. The van der Waals surface area contributed by atoms with Crippen molar-refractivity contribution in [2.45, 2.75) is 232 Å². The molecule has 12 rings (SSSR count). The molecule has 12 heterocycles. The number of aromatic amines is 4. The highest BCUT2D eigenvalue weighted by molar-refractivity contribution is 7.44. The van der Waals surface area contributed by atoms with E-state index in [9.17, 15) is 89.0 Å². The molecule has 4 aliphatic rings. The third-order valence-corrected chi connectivity index (χ3v) is 23.5. The number of hydrogen-bond donors (Lipinski definition) is 10. The Morgan fingerprint density at radius 1 is 0.539 bits per heavy atom. The fourth-order valence-corrected chi connectivity index (χ4v) is 16.9. The van der Waals surface area contributed by atoms with Crippen LogP contribution in [0.2, 0.25) is 0 Å². The maximum atomic E-state index is 12.7. The van der Waals surface area contributed by atoms with Gasteiger partial charge in [-0.25, -0.2) is 37.7 Å². The molecule has 0 aromatic carbocycles. The summed E-state index contributed by atoms with van der Waals surface area (Å²) in [6.45, 7) is 15.0. The van der Waals surface area contributed by atoms with Crippen LogP contribution in [0.25, 0.3) is 0 Å². The van der Waals surface area contributed by atoms with Gasteiger partial charge in [-0.2, -0.15) is 10.5 Å². The molecule has 4 aliphatic heterocycles. The summed E-state index contributed by atoms with van der Waals surface area (Å²) in [5.74, 6) is -1.35. The Morgan fingerprint density at radius 2 is 0.891 bits per heavy atom. The maximum Gasteiger partial charge on any atom is 0.434 e. The van der Waals surface area contributed by atoms with Gasteiger partial charge in [0, 0.05) is 97.7 Å². The number of aliphatic hydroxyl groups is 6. The highest BCUT2D eigenvalue weighted by Crippen LogP contribution is 2.51. The summed E-state index contributed by atoms with van der Waals surface area (Å²) in [4.78, 5) is 159. The van der Waals surface area contributed by atoms with E-state index in [1.807, 2.05) is 55.4 Å². The summed E-state index contributed by atoms with van der Waals surface area (Å²) in [6.07, 6.45) is 5.56. The fraction of sp³-hybridized carbons (Fsp3) is 0.575. The Hall–Kier alpha value is -11.6. The standard InChI is InChI=1S/C23H33N6O7P.C22H32N7O7P.2C13H15N5O7.2CH4O/c1-15(2)28(16(3)4)37(34-11-7-9-24)36-19-12-21(35-17(19)5)27-14-18(22(30)25-23(27)31)13-26-10-6-8-20(26)29(32)33;1-14(2)28(15(3)4)37(34-8-6-7-23)36-18-9-20(35-16(18)5)27-11-17(21(30)25-22(27)31)10-26-12-19(24-13-26)29(32)33;19-5-9-8(20)1-11(25-9)17-3-7(12(21)15-13(17)22)2-16-4-10(14-6-16)18(23)24;19-6-9-8(20)3-10(25-9)17-5-7(11(21)15-13(17)22)4-16-2-1-14-12(16)18(23)24;2*1-2/h6,8,10,14-17,19,21H,7,11-13H2,1-5H3,(H,25,30,31);11-16,18,20H,6,8-10H2,1-5H3,(H,25,30,31);3-4,6,8-9,11,19-20H,1-2,5H2,(H,15,21,22);1-2,5,8-10,19-20H,3-4,6H2,(H,15,21,22);2*2H,1H3/t17-,19-,21-,37?;16-,18-,20-,37?;8-,9-,11-;8-,9-,10-;;/m1111../s1/i2*5D;;;2*2T. The Kier molecular flexibility index (Phi) is 36.8. The van der Waals surface area contributed by atoms with Crippen molar-refractivity contribution in [3.05, 3.63) is 227 Å². The number of nitrogens with one attached hydrogen (secondary N) is 4. The lowest BCUT2D eigenvalue weighted by molar-refractivity contribution is -0.396. The van der Waals surface area contributed by atoms with E-state index in [1.165, 1.54) is 111 Å². The Morgan fingerprint density at radius 3 is 1.20 bits per heavy atom. The van der Waals surface area contributed by atoms with Gasteiger partial charge >= 0.3 is 46.2 Å². The molecule has 0 spiro atoms. The number of ether oxygens (including phenoxy) is 4. The number of nitrogens with zero attached hydrogens (tertiary/aromatic N) is 19. The molecule has 8 aromatic rings. The van der Waals surface area contributed by atoms with Crippen LogP contribution in [-0.2, 0) is 63.2 Å². The Labute approximate surface area is 733 Å². The zero-order valence-electron chi connectivity index (χ0n) is 74.9. The van der Waals surface area contributed by atoms with Crippen molar-refractivity contribution < 1.29 is 90.1 Å². The van der Waals surface area contributed by atoms with Crippen molar-refractivity contribution in [2.75, 3.05) is 40.6 Å². The predicted molar refractivity (Wildman–Crippen MR) is 448 cm³/mol. The molecule has 0 bridgehead atoms. The first kappa shape index (κ1) is 97.1. The van der Waals surface area contributed by atoms with Gasteiger partial charge in [0.15, 0.2) is 0 Å². The molecule has 0 saturated carbocycles. The van der Waals surface area contributed by atoms with Crippen LogP contribution in [0.5, 0.6) is 0 Å². The number of aromatic nitrogens is 15. The normalized spacial score (nSPS) is 21.4. The third kappa shape index (κ3) is 27.3. The van der Waals surface area contributed by atoms with Crippen LogP contribution in [0.4, 0.5) is 23.4 Å². The molecule has 10 N–H and O–H groups in total. The first-order valence-corrected chi connectivity index (χ1v) is 41.4. The maximum absolute atomic E-state index is 12.7. The SMILES string of the molecule is O=c1[nH]c(=O)n([C@H]2C[C@@H](O)[C@@H](CO)O2)cc1Cn1ccnc1[N+](=O)[O-].O=c1[nH]c(=O)n([C@H]2C[C@@H](O)[C@@H](CO)O2)cc1Cn1cnc([N+](=O)[O-])c1.[2H]C[C@H]1O[C@@H](n2cc(Cn3cccc3[N+](=O)[O-])c(=O)[nH]c2=O)C[C@H]1OP(OCCC#N)N(C(C)C)C(C)C.[2H]C[C@H]1O[C@@H](n2cc(Cn3cnc([N+](=O)[O-])c3)c(=O)[nH]c2=O)C[C@H]1OP(OCCC#N)N(C(C)C)C(C)C.[3H]OC.[3H]OC. The predicted octanol–water partition coefficient (Wildman–Crippen LogP) is 1.80. The van der Waals surface area contributed by atoms with Gasteiger partial charge in [0.1, 0.15) is 75.0 Å². The lowest BCUT2D eigenvalue weighted by Crippen LogP contribution is -2.35. The van der Waals surface area contributed by atoms with E-state index in [2.05, 4.69) is 66.6 Å². The smallest absolute Gasteiger partial charge is 0.400 e. The van der Waals surface area contributed by atoms with E-state index < -0.39 is 175 Å². The highest BCUT2D eigenvalue weighted by Gasteiger charge is 2.43. The van der Waals surface area contributed by atoms with Crippen molar-refractivity contribution >= 4 is 40.5 Å². The number of nitro groups is 4. The molecule has 4 fully saturated rings. The number of hydrogen-bond acceptors (Lipinski definition) is 37. The third-order valence-electron chi connectivity index (χ3n) is 19.2. The Balaban J connectivity index is 0.000000239. The molecular formula is C73H103N23O30P2. The summed E-state index contributed by atoms with van der Waals surface area (Å²) in [7, 11) is -0.606. The van der Waals surface area contributed by atoms with Crippen molar-refractivity contribution in [2.24, 2.45) is 0 Å². The van der Waals surface area contributed by atoms with Crippen LogP contribution in [0, 0.1) is 63.1 Å². The van der Waals surface area contributed by atoms with Crippen molar-refractivity contribution in [1.29, 1.82) is 13.4 Å². The van der Waals surface area contributed by atoms with Crippen LogP contribution in [0.3, 0.4) is 0 Å². The largest absolute Gasteiger partial charge is 0.434 e. The number of rotatable bonds is 34. The molecule has 128 heavy (non-hydrogen) atoms. The molecule has 700 valence electrons. The average molecular weight is 1850 g/mol. The minimum Gasteiger partial charge on any atom is -0.400 e. The van der Waals surface area contributed by atoms with Crippen LogP contribution in [0.1, 0.15) is 158 Å². The summed E-state index contributed by atoms with van der Waals surface area (Å²) < 4.78 is 88.8. The molecule has 55 heteroatoms. The number of nitriles is 2. The summed E-state index contributed by atoms with van der Waals surface area (Å²) >= 11 is 0. The van der Waals surface area contributed by atoms with Crippen LogP contribution in [0.15, 0.2) is 119 Å². The molecule has 53 nitrogen and oxygen atoms in total. The summed E-state index contributed by atoms with van der Waals surface area (Å²) in [5.41, 5.74) is -4.96. The van der Waals surface area contributed by atoms with Crippen molar-refractivity contribution in [3.63, 3.8) is 0 Å². The van der Waals surface area contributed by atoms with Gasteiger partial charge in [-0.15, -0.1) is 0 Å². The topological polar surface area (TPSA) is 700 Å². The van der Waals surface area contributed by atoms with Gasteiger partial charge in [-0.05, 0) is 105 Å². The molecule has 8 aromatic heterocycles. The number of H-pyrrole nitrogens is 4. The molecular weight excluding hydrogens is 1740 g/mol. The van der Waals surface area contributed by atoms with Crippen molar-refractivity contribution in [3.8, 4) is 12.1 Å². The van der Waals surface area contributed by atoms with Gasteiger partial charge in [-0.3, -0.25) is 57.4 Å². The van der Waals surface area contributed by atoms with Gasteiger partial charge in [0.2, 0.25) is 15.5 Å². The quantitative estimate of drug-likeness (QED) is 0.0119. The summed E-state index contributed by atoms with van der Waals surface area (Å²) in [6, 6.07) is 7.25. The van der Waals surface area contributed by atoms with E-state index in [-0.39, 0.29) is 156 Å². The summed E-state index contributed by atoms with van der Waals surface area (Å²) in [5, 5.41) is 106. The van der Waals surface area contributed by atoms with E-state index >= 15 is 0 Å². The zero-order chi connectivity index (χ0) is 97.7. The monoisotopic (exact) mass is 1850 g/mol. The van der Waals surface area contributed by atoms with Crippen LogP contribution >= 0.6 is 17.1 Å². The molecule has 2 unspecified atom stereocenters. The second-order valence-electron chi connectivity index (χ2n) is 29.3. The first-order valence-electron chi connectivity index (χ1n) is 41.4. The van der Waals surface area contributed by atoms with E-state index in [1.54, 1.807) is 0 Å². The van der Waals surface area contributed by atoms with E-state index in [0.29, 0.717) is 0 Å².